The molecule has 0 aromatic heterocycles. The second-order valence-electron chi connectivity index (χ2n) is 6.32. The van der Waals surface area contributed by atoms with Crippen LogP contribution in [0.2, 0.25) is 0 Å². The Labute approximate surface area is 129 Å². The highest BCUT2D eigenvalue weighted by Crippen LogP contribution is 2.20. The van der Waals surface area contributed by atoms with E-state index in [-0.39, 0.29) is 12.1 Å². The average Bonchev–Trinajstić information content (AvgIpc) is 2.50. The number of aliphatic hydroxyl groups is 1. The van der Waals surface area contributed by atoms with E-state index in [1.165, 1.54) is 5.56 Å². The van der Waals surface area contributed by atoms with Crippen LogP contribution < -0.4 is 10.1 Å². The van der Waals surface area contributed by atoms with Gasteiger partial charge in [0.25, 0.3) is 0 Å². The molecule has 0 aliphatic heterocycles. The fourth-order valence-electron chi connectivity index (χ4n) is 2.27. The molecular weight excluding hydrogens is 262 g/mol. The van der Waals surface area contributed by atoms with E-state index in [0.717, 1.165) is 31.6 Å². The van der Waals surface area contributed by atoms with Crippen LogP contribution in [-0.2, 0) is 0 Å². The third-order valence-corrected chi connectivity index (χ3v) is 3.82. The lowest BCUT2D eigenvalue weighted by Gasteiger charge is -2.28. The van der Waals surface area contributed by atoms with Crippen LogP contribution in [0.15, 0.2) is 24.3 Å². The molecule has 1 unspecified atom stereocenters. The molecule has 0 spiro atoms. The summed E-state index contributed by atoms with van der Waals surface area (Å²) < 4.78 is 5.83. The van der Waals surface area contributed by atoms with Crippen molar-refractivity contribution in [3.8, 4) is 5.75 Å². The summed E-state index contributed by atoms with van der Waals surface area (Å²) in [6, 6.07) is 8.30. The Kier molecular flexibility index (Phi) is 7.76. The first-order valence-corrected chi connectivity index (χ1v) is 8.09. The Morgan fingerprint density at radius 1 is 1.33 bits per heavy atom. The molecule has 0 aliphatic rings. The molecular formula is C18H31NO2. The van der Waals surface area contributed by atoms with E-state index in [9.17, 15) is 5.11 Å². The van der Waals surface area contributed by atoms with Crippen molar-refractivity contribution in [2.75, 3.05) is 19.8 Å². The van der Waals surface area contributed by atoms with Gasteiger partial charge in [-0.1, -0.05) is 32.9 Å². The van der Waals surface area contributed by atoms with Gasteiger partial charge in [-0.15, -0.1) is 0 Å². The molecule has 1 atom stereocenters. The van der Waals surface area contributed by atoms with Gasteiger partial charge in [-0.3, -0.25) is 0 Å². The summed E-state index contributed by atoms with van der Waals surface area (Å²) in [7, 11) is 0. The van der Waals surface area contributed by atoms with E-state index in [0.29, 0.717) is 12.5 Å². The normalized spacial score (nSPS) is 14.2. The Morgan fingerprint density at radius 3 is 2.71 bits per heavy atom. The first kappa shape index (κ1) is 18.0. The maximum atomic E-state index is 9.52. The molecule has 0 heterocycles. The standard InChI is InChI=1S/C18H31NO2/c1-5-11-19-18(4,14-20)10-7-12-21-17-9-6-8-16(13-17)15(2)3/h6,8-9,13,15,19-20H,5,7,10-12,14H2,1-4H3. The molecule has 3 heteroatoms. The zero-order valence-electron chi connectivity index (χ0n) is 14.0. The Balaban J connectivity index is 2.37. The van der Waals surface area contributed by atoms with E-state index in [2.05, 4.69) is 45.1 Å². The minimum absolute atomic E-state index is 0.163. The van der Waals surface area contributed by atoms with E-state index >= 15 is 0 Å². The van der Waals surface area contributed by atoms with Gasteiger partial charge in [0.1, 0.15) is 5.75 Å². The van der Waals surface area contributed by atoms with E-state index in [4.69, 9.17) is 4.74 Å². The quantitative estimate of drug-likeness (QED) is 0.646. The van der Waals surface area contributed by atoms with Crippen LogP contribution in [0.3, 0.4) is 0 Å². The van der Waals surface area contributed by atoms with Crippen LogP contribution in [0.4, 0.5) is 0 Å². The van der Waals surface area contributed by atoms with Gasteiger partial charge in [0.15, 0.2) is 0 Å². The highest BCUT2D eigenvalue weighted by atomic mass is 16.5. The maximum absolute atomic E-state index is 9.52. The van der Waals surface area contributed by atoms with Crippen molar-refractivity contribution >= 4 is 0 Å². The van der Waals surface area contributed by atoms with Gasteiger partial charge in [0.2, 0.25) is 0 Å². The zero-order valence-corrected chi connectivity index (χ0v) is 14.0. The van der Waals surface area contributed by atoms with Gasteiger partial charge >= 0.3 is 0 Å². The maximum Gasteiger partial charge on any atom is 0.119 e. The van der Waals surface area contributed by atoms with Crippen LogP contribution in [0.5, 0.6) is 5.75 Å². The summed E-state index contributed by atoms with van der Waals surface area (Å²) in [5.41, 5.74) is 1.11. The fraction of sp³-hybridized carbons (Fsp3) is 0.667. The van der Waals surface area contributed by atoms with Gasteiger partial charge in [-0.05, 0) is 56.3 Å². The number of ether oxygens (including phenoxy) is 1. The zero-order chi connectivity index (χ0) is 15.7. The lowest BCUT2D eigenvalue weighted by Crippen LogP contribution is -2.46. The summed E-state index contributed by atoms with van der Waals surface area (Å²) in [6.07, 6.45) is 2.92. The predicted molar refractivity (Wildman–Crippen MR) is 89.0 cm³/mol. The van der Waals surface area contributed by atoms with Gasteiger partial charge < -0.3 is 15.2 Å². The molecule has 1 aromatic rings. The second kappa shape index (κ2) is 9.06. The van der Waals surface area contributed by atoms with Crippen LogP contribution in [0, 0.1) is 0 Å². The summed E-state index contributed by atoms with van der Waals surface area (Å²) >= 11 is 0. The molecule has 2 N–H and O–H groups in total. The molecule has 1 rings (SSSR count). The van der Waals surface area contributed by atoms with Crippen LogP contribution >= 0.6 is 0 Å². The van der Waals surface area contributed by atoms with Gasteiger partial charge in [0.05, 0.1) is 13.2 Å². The molecule has 1 aromatic carbocycles. The van der Waals surface area contributed by atoms with Crippen molar-refractivity contribution < 1.29 is 9.84 Å². The second-order valence-corrected chi connectivity index (χ2v) is 6.32. The van der Waals surface area contributed by atoms with E-state index in [1.54, 1.807) is 0 Å². The lowest BCUT2D eigenvalue weighted by atomic mass is 9.97. The highest BCUT2D eigenvalue weighted by molar-refractivity contribution is 5.30. The van der Waals surface area contributed by atoms with Crippen molar-refractivity contribution in [1.82, 2.24) is 5.32 Å². The van der Waals surface area contributed by atoms with Gasteiger partial charge in [0, 0.05) is 5.54 Å². The van der Waals surface area contributed by atoms with Gasteiger partial charge in [-0.25, -0.2) is 0 Å². The van der Waals surface area contributed by atoms with Crippen LogP contribution in [-0.4, -0.2) is 30.4 Å². The number of hydrogen-bond acceptors (Lipinski definition) is 3. The number of rotatable bonds is 10. The molecule has 21 heavy (non-hydrogen) atoms. The number of benzene rings is 1. The van der Waals surface area contributed by atoms with Crippen molar-refractivity contribution in [2.45, 2.75) is 58.4 Å². The molecule has 3 nitrogen and oxygen atoms in total. The third-order valence-electron chi connectivity index (χ3n) is 3.82. The first-order valence-electron chi connectivity index (χ1n) is 8.09. The predicted octanol–water partition coefficient (Wildman–Crippen LogP) is 3.72. The number of hydrogen-bond donors (Lipinski definition) is 2. The van der Waals surface area contributed by atoms with Gasteiger partial charge in [-0.2, -0.15) is 0 Å². The van der Waals surface area contributed by atoms with Crippen molar-refractivity contribution in [2.24, 2.45) is 0 Å². The van der Waals surface area contributed by atoms with Crippen LogP contribution in [0.1, 0.15) is 58.4 Å². The molecule has 0 bridgehead atoms. The number of nitrogens with one attached hydrogen (secondary N) is 1. The third kappa shape index (κ3) is 6.49. The summed E-state index contributed by atoms with van der Waals surface area (Å²) in [5, 5.41) is 12.9. The topological polar surface area (TPSA) is 41.5 Å². The summed E-state index contributed by atoms with van der Waals surface area (Å²) in [6.45, 7) is 10.4. The Bertz CT molecular complexity index is 406. The minimum atomic E-state index is -0.195. The van der Waals surface area contributed by atoms with Crippen molar-refractivity contribution in [3.63, 3.8) is 0 Å². The van der Waals surface area contributed by atoms with E-state index < -0.39 is 0 Å². The molecule has 0 fully saturated rings. The molecule has 0 radical (unpaired) electrons. The molecule has 0 saturated carbocycles. The van der Waals surface area contributed by atoms with Crippen molar-refractivity contribution in [3.05, 3.63) is 29.8 Å². The SMILES string of the molecule is CCCNC(C)(CO)CCCOc1cccc(C(C)C)c1. The summed E-state index contributed by atoms with van der Waals surface area (Å²) in [4.78, 5) is 0. The molecule has 120 valence electrons. The smallest absolute Gasteiger partial charge is 0.119 e. The Morgan fingerprint density at radius 2 is 2.10 bits per heavy atom. The molecule has 0 amide bonds. The molecule has 0 aliphatic carbocycles. The van der Waals surface area contributed by atoms with Crippen molar-refractivity contribution in [1.29, 1.82) is 0 Å². The lowest BCUT2D eigenvalue weighted by molar-refractivity contribution is 0.156. The Hall–Kier alpha value is -1.06. The summed E-state index contributed by atoms with van der Waals surface area (Å²) in [5.74, 6) is 1.46. The number of aliphatic hydroxyl groups excluding tert-OH is 1. The molecule has 0 saturated heterocycles. The largest absolute Gasteiger partial charge is 0.494 e. The highest BCUT2D eigenvalue weighted by Gasteiger charge is 2.21. The average molecular weight is 293 g/mol. The van der Waals surface area contributed by atoms with E-state index in [1.807, 2.05) is 12.1 Å². The fourth-order valence-corrected chi connectivity index (χ4v) is 2.27. The monoisotopic (exact) mass is 293 g/mol. The minimum Gasteiger partial charge on any atom is -0.494 e. The van der Waals surface area contributed by atoms with Crippen LogP contribution in [0.25, 0.3) is 0 Å². The first-order chi connectivity index (χ1) is 10.0.